The fourth-order valence-corrected chi connectivity index (χ4v) is 2.41. The third-order valence-electron chi connectivity index (χ3n) is 3.81. The van der Waals surface area contributed by atoms with Crippen molar-refractivity contribution >= 4 is 23.2 Å². The smallest absolute Gasteiger partial charge is 0.265 e. The van der Waals surface area contributed by atoms with Gasteiger partial charge in [0.05, 0.1) is 18.7 Å². The zero-order valence-corrected chi connectivity index (χ0v) is 14.2. The van der Waals surface area contributed by atoms with Gasteiger partial charge in [-0.1, -0.05) is 17.7 Å². The molecule has 2 N–H and O–H groups in total. The van der Waals surface area contributed by atoms with Gasteiger partial charge in [0.25, 0.3) is 5.91 Å². The summed E-state index contributed by atoms with van der Waals surface area (Å²) in [5, 5.41) is 5.54. The predicted molar refractivity (Wildman–Crippen MR) is 95.1 cm³/mol. The second kappa shape index (κ2) is 7.25. The zero-order chi connectivity index (χ0) is 17.8. The van der Waals surface area contributed by atoms with Crippen molar-refractivity contribution < 1.29 is 19.1 Å². The second-order valence-corrected chi connectivity index (χ2v) is 5.92. The number of aryl methyl sites for hydroxylation is 1. The topological polar surface area (TPSA) is 76.7 Å². The molecular formula is C19H20N2O4. The van der Waals surface area contributed by atoms with Gasteiger partial charge in [0.1, 0.15) is 11.5 Å². The lowest BCUT2D eigenvalue weighted by molar-refractivity contribution is -0.122. The molecule has 0 aromatic heterocycles. The summed E-state index contributed by atoms with van der Waals surface area (Å²) in [6.45, 7) is 3.98. The second-order valence-electron chi connectivity index (χ2n) is 5.92. The lowest BCUT2D eigenvalue weighted by atomic mass is 10.2. The van der Waals surface area contributed by atoms with E-state index < -0.39 is 6.10 Å². The van der Waals surface area contributed by atoms with Crippen LogP contribution in [-0.4, -0.2) is 24.5 Å². The lowest BCUT2D eigenvalue weighted by Gasteiger charge is -2.23. The van der Waals surface area contributed by atoms with Gasteiger partial charge < -0.3 is 20.1 Å². The maximum atomic E-state index is 12.0. The Balaban J connectivity index is 1.52. The molecule has 6 heteroatoms. The Morgan fingerprint density at radius 3 is 2.76 bits per heavy atom. The molecule has 1 aliphatic rings. The molecule has 25 heavy (non-hydrogen) atoms. The summed E-state index contributed by atoms with van der Waals surface area (Å²) in [6, 6.07) is 12.8. The molecule has 1 atom stereocenters. The molecule has 0 unspecified atom stereocenters. The molecule has 130 valence electrons. The molecular weight excluding hydrogens is 320 g/mol. The van der Waals surface area contributed by atoms with Crippen molar-refractivity contribution in [3.05, 3.63) is 48.0 Å². The van der Waals surface area contributed by atoms with E-state index in [1.165, 1.54) is 0 Å². The van der Waals surface area contributed by atoms with E-state index in [0.717, 1.165) is 11.3 Å². The van der Waals surface area contributed by atoms with Crippen molar-refractivity contribution in [2.75, 3.05) is 17.2 Å². The Morgan fingerprint density at radius 2 is 2.00 bits per heavy atom. The van der Waals surface area contributed by atoms with E-state index in [-0.39, 0.29) is 24.8 Å². The summed E-state index contributed by atoms with van der Waals surface area (Å²) in [5.41, 5.74) is 2.30. The Kier molecular flexibility index (Phi) is 4.88. The number of ether oxygens (including phenoxy) is 2. The summed E-state index contributed by atoms with van der Waals surface area (Å²) < 4.78 is 11.0. The van der Waals surface area contributed by atoms with Crippen LogP contribution in [0, 0.1) is 6.92 Å². The third-order valence-corrected chi connectivity index (χ3v) is 3.81. The van der Waals surface area contributed by atoms with Crippen LogP contribution in [0.4, 0.5) is 11.4 Å². The first-order valence-electron chi connectivity index (χ1n) is 8.12. The number of anilines is 2. The third kappa shape index (κ3) is 4.29. The van der Waals surface area contributed by atoms with E-state index in [4.69, 9.17) is 9.47 Å². The van der Waals surface area contributed by atoms with Gasteiger partial charge in [-0.15, -0.1) is 0 Å². The number of hydrogen-bond acceptors (Lipinski definition) is 4. The van der Waals surface area contributed by atoms with Crippen LogP contribution in [0.1, 0.15) is 18.9 Å². The summed E-state index contributed by atoms with van der Waals surface area (Å²) in [5.74, 6) is 0.958. The number of hydrogen-bond donors (Lipinski definition) is 2. The largest absolute Gasteiger partial charge is 0.493 e. The van der Waals surface area contributed by atoms with Crippen LogP contribution in [0.3, 0.4) is 0 Å². The molecule has 0 saturated carbocycles. The minimum absolute atomic E-state index is 0.163. The van der Waals surface area contributed by atoms with Gasteiger partial charge in [0.15, 0.2) is 6.10 Å². The normalized spacial score (nSPS) is 15.6. The molecule has 2 aromatic rings. The van der Waals surface area contributed by atoms with E-state index in [1.54, 1.807) is 25.1 Å². The maximum Gasteiger partial charge on any atom is 0.265 e. The molecule has 6 nitrogen and oxygen atoms in total. The van der Waals surface area contributed by atoms with E-state index in [9.17, 15) is 9.59 Å². The number of amides is 2. The van der Waals surface area contributed by atoms with Crippen LogP contribution in [0.2, 0.25) is 0 Å². The van der Waals surface area contributed by atoms with Crippen molar-refractivity contribution in [1.29, 1.82) is 0 Å². The van der Waals surface area contributed by atoms with E-state index in [1.807, 2.05) is 31.2 Å². The van der Waals surface area contributed by atoms with Crippen LogP contribution in [0.25, 0.3) is 0 Å². The average molecular weight is 340 g/mol. The lowest BCUT2D eigenvalue weighted by Crippen LogP contribution is -2.34. The fraction of sp³-hybridized carbons (Fsp3) is 0.263. The molecule has 0 fully saturated rings. The number of benzene rings is 2. The summed E-state index contributed by atoms with van der Waals surface area (Å²) >= 11 is 0. The van der Waals surface area contributed by atoms with Crippen LogP contribution < -0.4 is 20.1 Å². The zero-order valence-electron chi connectivity index (χ0n) is 14.2. The number of fused-ring (bicyclic) bond motifs is 1. The van der Waals surface area contributed by atoms with E-state index in [0.29, 0.717) is 17.1 Å². The monoisotopic (exact) mass is 340 g/mol. The van der Waals surface area contributed by atoms with Gasteiger partial charge >= 0.3 is 0 Å². The SMILES string of the molecule is Cc1ccc(OCCC(=O)Nc2ccc3c(c2)NC(=O)[C@@H](C)O3)cc1. The minimum atomic E-state index is -0.521. The highest BCUT2D eigenvalue weighted by Crippen LogP contribution is 2.32. The van der Waals surface area contributed by atoms with Crippen LogP contribution in [-0.2, 0) is 9.59 Å². The molecule has 0 spiro atoms. The van der Waals surface area contributed by atoms with Crippen LogP contribution >= 0.6 is 0 Å². The minimum Gasteiger partial charge on any atom is -0.493 e. The standard InChI is InChI=1S/C19H20N2O4/c1-12-3-6-15(7-4-12)24-10-9-18(22)20-14-5-8-17-16(11-14)21-19(23)13(2)25-17/h3-8,11,13H,9-10H2,1-2H3,(H,20,22)(H,21,23)/t13-/m1/s1. The highest BCUT2D eigenvalue weighted by atomic mass is 16.5. The number of carbonyl (C=O) groups excluding carboxylic acids is 2. The van der Waals surface area contributed by atoms with Crippen molar-refractivity contribution in [1.82, 2.24) is 0 Å². The molecule has 2 aromatic carbocycles. The van der Waals surface area contributed by atoms with Gasteiger partial charge in [0.2, 0.25) is 5.91 Å². The molecule has 0 aliphatic carbocycles. The predicted octanol–water partition coefficient (Wildman–Crippen LogP) is 3.12. The molecule has 1 aliphatic heterocycles. The number of carbonyl (C=O) groups is 2. The van der Waals surface area contributed by atoms with Gasteiger partial charge in [-0.05, 0) is 44.2 Å². The first kappa shape index (κ1) is 16.8. The summed E-state index contributed by atoms with van der Waals surface area (Å²) in [6.07, 6.45) is -0.294. The maximum absolute atomic E-state index is 12.0. The first-order chi connectivity index (χ1) is 12.0. The van der Waals surface area contributed by atoms with Gasteiger partial charge in [0, 0.05) is 5.69 Å². The molecule has 1 heterocycles. The van der Waals surface area contributed by atoms with Crippen LogP contribution in [0.15, 0.2) is 42.5 Å². The van der Waals surface area contributed by atoms with E-state index >= 15 is 0 Å². The van der Waals surface area contributed by atoms with Crippen molar-refractivity contribution in [3.8, 4) is 11.5 Å². The molecule has 0 bridgehead atoms. The van der Waals surface area contributed by atoms with E-state index in [2.05, 4.69) is 10.6 Å². The first-order valence-corrected chi connectivity index (χ1v) is 8.12. The Morgan fingerprint density at radius 1 is 1.24 bits per heavy atom. The molecule has 0 radical (unpaired) electrons. The average Bonchev–Trinajstić information content (AvgIpc) is 2.58. The number of nitrogens with one attached hydrogen (secondary N) is 2. The molecule has 3 rings (SSSR count). The Labute approximate surface area is 146 Å². The molecule has 0 saturated heterocycles. The van der Waals surface area contributed by atoms with Gasteiger partial charge in [-0.25, -0.2) is 0 Å². The molecule has 2 amide bonds. The van der Waals surface area contributed by atoms with Gasteiger partial charge in [-0.2, -0.15) is 0 Å². The highest BCUT2D eigenvalue weighted by molar-refractivity contribution is 5.99. The summed E-state index contributed by atoms with van der Waals surface area (Å²) in [4.78, 5) is 23.7. The van der Waals surface area contributed by atoms with Gasteiger partial charge in [-0.3, -0.25) is 9.59 Å². The van der Waals surface area contributed by atoms with Crippen LogP contribution in [0.5, 0.6) is 11.5 Å². The Bertz CT molecular complexity index is 787. The van der Waals surface area contributed by atoms with Crippen molar-refractivity contribution in [3.63, 3.8) is 0 Å². The van der Waals surface area contributed by atoms with Crippen molar-refractivity contribution in [2.45, 2.75) is 26.4 Å². The highest BCUT2D eigenvalue weighted by Gasteiger charge is 2.23. The van der Waals surface area contributed by atoms with Crippen molar-refractivity contribution in [2.24, 2.45) is 0 Å². The summed E-state index contributed by atoms with van der Waals surface area (Å²) in [7, 11) is 0. The Hall–Kier alpha value is -3.02. The fourth-order valence-electron chi connectivity index (χ4n) is 2.41. The quantitative estimate of drug-likeness (QED) is 0.877. The number of rotatable bonds is 5.